The second-order valence-corrected chi connectivity index (χ2v) is 7.00. The van der Waals surface area contributed by atoms with Gasteiger partial charge in [-0.1, -0.05) is 26.2 Å². The van der Waals surface area contributed by atoms with Gasteiger partial charge in [-0.05, 0) is 25.7 Å². The van der Waals surface area contributed by atoms with Crippen LogP contribution in [0.3, 0.4) is 0 Å². The van der Waals surface area contributed by atoms with Gasteiger partial charge in [0.1, 0.15) is 11.6 Å². The molecular formula is C16H25N3S. The van der Waals surface area contributed by atoms with Crippen LogP contribution >= 0.6 is 11.8 Å². The highest BCUT2D eigenvalue weighted by atomic mass is 32.2. The fourth-order valence-electron chi connectivity index (χ4n) is 3.46. The normalized spacial score (nSPS) is 25.5. The molecule has 0 bridgehead atoms. The largest absolute Gasteiger partial charge is 0.370 e. The van der Waals surface area contributed by atoms with E-state index in [0.29, 0.717) is 5.92 Å². The SMILES string of the molecule is CCNc1nc(C2CCCC(CC)C2)nc2c1CSC2. The fourth-order valence-corrected chi connectivity index (χ4v) is 4.50. The van der Waals surface area contributed by atoms with Gasteiger partial charge in [-0.15, -0.1) is 0 Å². The predicted octanol–water partition coefficient (Wildman–Crippen LogP) is 4.34. The Balaban J connectivity index is 1.87. The van der Waals surface area contributed by atoms with Crippen LogP contribution in [0.2, 0.25) is 0 Å². The monoisotopic (exact) mass is 291 g/mol. The average Bonchev–Trinajstić information content (AvgIpc) is 2.96. The Hall–Kier alpha value is -0.770. The van der Waals surface area contributed by atoms with Crippen molar-refractivity contribution in [2.45, 2.75) is 63.4 Å². The van der Waals surface area contributed by atoms with Gasteiger partial charge < -0.3 is 5.32 Å². The van der Waals surface area contributed by atoms with Gasteiger partial charge in [0.25, 0.3) is 0 Å². The summed E-state index contributed by atoms with van der Waals surface area (Å²) in [5.74, 6) is 5.81. The van der Waals surface area contributed by atoms with Crippen LogP contribution < -0.4 is 5.32 Å². The van der Waals surface area contributed by atoms with E-state index >= 15 is 0 Å². The Morgan fingerprint density at radius 2 is 2.10 bits per heavy atom. The van der Waals surface area contributed by atoms with Crippen LogP contribution in [0.1, 0.15) is 69.0 Å². The highest BCUT2D eigenvalue weighted by Crippen LogP contribution is 2.39. The molecule has 2 aliphatic rings. The molecule has 1 aliphatic heterocycles. The number of anilines is 1. The van der Waals surface area contributed by atoms with E-state index in [-0.39, 0.29) is 0 Å². The van der Waals surface area contributed by atoms with Gasteiger partial charge in [-0.25, -0.2) is 9.97 Å². The molecule has 0 radical (unpaired) electrons. The lowest BCUT2D eigenvalue weighted by Gasteiger charge is -2.28. The summed E-state index contributed by atoms with van der Waals surface area (Å²) in [7, 11) is 0. The Morgan fingerprint density at radius 3 is 2.90 bits per heavy atom. The minimum atomic E-state index is 0.585. The molecule has 2 atom stereocenters. The first-order chi connectivity index (χ1) is 9.81. The van der Waals surface area contributed by atoms with E-state index in [1.54, 1.807) is 0 Å². The molecule has 1 saturated carbocycles. The maximum atomic E-state index is 4.92. The van der Waals surface area contributed by atoms with Gasteiger partial charge in [0.2, 0.25) is 0 Å². The van der Waals surface area contributed by atoms with E-state index in [9.17, 15) is 0 Å². The molecule has 20 heavy (non-hydrogen) atoms. The van der Waals surface area contributed by atoms with E-state index in [0.717, 1.165) is 35.6 Å². The van der Waals surface area contributed by atoms with Crippen LogP contribution in [0.25, 0.3) is 0 Å². The highest BCUT2D eigenvalue weighted by molar-refractivity contribution is 7.98. The molecule has 0 saturated heterocycles. The van der Waals surface area contributed by atoms with Gasteiger partial charge in [-0.2, -0.15) is 11.8 Å². The van der Waals surface area contributed by atoms with Gasteiger partial charge in [-0.3, -0.25) is 0 Å². The molecule has 0 amide bonds. The van der Waals surface area contributed by atoms with Crippen molar-refractivity contribution < 1.29 is 0 Å². The minimum absolute atomic E-state index is 0.585. The average molecular weight is 291 g/mol. The standard InChI is InChI=1S/C16H25N3S/c1-3-11-6-5-7-12(8-11)15-18-14-10-20-9-13(14)16(19-15)17-4-2/h11-12H,3-10H2,1-2H3,(H,17,18,19). The topological polar surface area (TPSA) is 37.8 Å². The van der Waals surface area contributed by atoms with Crippen LogP contribution in [0.5, 0.6) is 0 Å². The smallest absolute Gasteiger partial charge is 0.134 e. The summed E-state index contributed by atoms with van der Waals surface area (Å²) in [4.78, 5) is 9.81. The third-order valence-corrected chi connectivity index (χ3v) is 5.64. The molecule has 4 heteroatoms. The first kappa shape index (κ1) is 14.2. The third-order valence-electron chi connectivity index (χ3n) is 4.66. The molecule has 1 aliphatic carbocycles. The lowest BCUT2D eigenvalue weighted by molar-refractivity contribution is 0.307. The molecule has 1 N–H and O–H groups in total. The van der Waals surface area contributed by atoms with Crippen molar-refractivity contribution in [3.8, 4) is 0 Å². The Labute approximate surface area is 126 Å². The maximum Gasteiger partial charge on any atom is 0.134 e. The van der Waals surface area contributed by atoms with Crippen LogP contribution in [0, 0.1) is 5.92 Å². The first-order valence-electron chi connectivity index (χ1n) is 8.03. The zero-order chi connectivity index (χ0) is 13.9. The highest BCUT2D eigenvalue weighted by Gasteiger charge is 2.27. The van der Waals surface area contributed by atoms with Crippen LogP contribution in [0.4, 0.5) is 5.82 Å². The lowest BCUT2D eigenvalue weighted by atomic mass is 9.80. The van der Waals surface area contributed by atoms with E-state index in [1.807, 2.05) is 11.8 Å². The number of hydrogen-bond donors (Lipinski definition) is 1. The molecule has 1 fully saturated rings. The molecule has 3 nitrogen and oxygen atoms in total. The number of aromatic nitrogens is 2. The van der Waals surface area contributed by atoms with Crippen molar-refractivity contribution in [1.82, 2.24) is 9.97 Å². The van der Waals surface area contributed by atoms with E-state index in [2.05, 4.69) is 19.2 Å². The van der Waals surface area contributed by atoms with Crippen molar-refractivity contribution in [1.29, 1.82) is 0 Å². The Bertz CT molecular complexity index is 475. The zero-order valence-corrected chi connectivity index (χ0v) is 13.4. The number of nitrogens with zero attached hydrogens (tertiary/aromatic N) is 2. The van der Waals surface area contributed by atoms with Crippen LogP contribution in [-0.4, -0.2) is 16.5 Å². The molecular weight excluding hydrogens is 266 g/mol. The molecule has 3 rings (SSSR count). The molecule has 0 spiro atoms. The van der Waals surface area contributed by atoms with Crippen molar-refractivity contribution in [3.05, 3.63) is 17.1 Å². The lowest BCUT2D eigenvalue weighted by Crippen LogP contribution is -2.18. The van der Waals surface area contributed by atoms with Crippen LogP contribution in [-0.2, 0) is 11.5 Å². The second-order valence-electron chi connectivity index (χ2n) is 6.02. The maximum absolute atomic E-state index is 4.92. The first-order valence-corrected chi connectivity index (χ1v) is 9.18. The van der Waals surface area contributed by atoms with Gasteiger partial charge in [0.15, 0.2) is 0 Å². The van der Waals surface area contributed by atoms with E-state index in [1.165, 1.54) is 43.4 Å². The summed E-state index contributed by atoms with van der Waals surface area (Å²) < 4.78 is 0. The number of hydrogen-bond acceptors (Lipinski definition) is 4. The molecule has 2 heterocycles. The number of rotatable bonds is 4. The summed E-state index contributed by atoms with van der Waals surface area (Å²) >= 11 is 1.96. The fraction of sp³-hybridized carbons (Fsp3) is 0.750. The van der Waals surface area contributed by atoms with Gasteiger partial charge in [0, 0.05) is 29.5 Å². The third kappa shape index (κ3) is 2.80. The molecule has 1 aromatic heterocycles. The predicted molar refractivity (Wildman–Crippen MR) is 86.2 cm³/mol. The minimum Gasteiger partial charge on any atom is -0.370 e. The summed E-state index contributed by atoms with van der Waals surface area (Å²) in [6, 6.07) is 0. The number of nitrogens with one attached hydrogen (secondary N) is 1. The van der Waals surface area contributed by atoms with E-state index in [4.69, 9.17) is 9.97 Å². The quantitative estimate of drug-likeness (QED) is 0.895. The van der Waals surface area contributed by atoms with Crippen molar-refractivity contribution in [2.75, 3.05) is 11.9 Å². The summed E-state index contributed by atoms with van der Waals surface area (Å²) in [5, 5.41) is 3.45. The Morgan fingerprint density at radius 1 is 1.20 bits per heavy atom. The van der Waals surface area contributed by atoms with E-state index < -0.39 is 0 Å². The molecule has 0 aromatic carbocycles. The Kier molecular flexibility index (Phi) is 4.49. The van der Waals surface area contributed by atoms with Crippen molar-refractivity contribution in [2.24, 2.45) is 5.92 Å². The zero-order valence-electron chi connectivity index (χ0n) is 12.6. The summed E-state index contributed by atoms with van der Waals surface area (Å²) in [5.41, 5.74) is 2.64. The van der Waals surface area contributed by atoms with Gasteiger partial charge >= 0.3 is 0 Å². The summed E-state index contributed by atoms with van der Waals surface area (Å²) in [6.07, 6.45) is 6.60. The van der Waals surface area contributed by atoms with Crippen molar-refractivity contribution in [3.63, 3.8) is 0 Å². The second kappa shape index (κ2) is 6.33. The molecule has 110 valence electrons. The summed E-state index contributed by atoms with van der Waals surface area (Å²) in [6.45, 7) is 5.40. The number of thioether (sulfide) groups is 1. The van der Waals surface area contributed by atoms with Gasteiger partial charge in [0.05, 0.1) is 5.69 Å². The van der Waals surface area contributed by atoms with Crippen molar-refractivity contribution >= 4 is 17.6 Å². The van der Waals surface area contributed by atoms with Crippen LogP contribution in [0.15, 0.2) is 0 Å². The molecule has 1 aromatic rings. The molecule has 2 unspecified atom stereocenters. The number of fused-ring (bicyclic) bond motifs is 1.